The van der Waals surface area contributed by atoms with Crippen LogP contribution in [0.5, 0.6) is 0 Å². The van der Waals surface area contributed by atoms with Crippen molar-refractivity contribution < 1.29 is 9.53 Å². The number of ether oxygens (including phenoxy) is 1. The predicted molar refractivity (Wildman–Crippen MR) is 123 cm³/mol. The highest BCUT2D eigenvalue weighted by molar-refractivity contribution is 7.99. The maximum absolute atomic E-state index is 11.8. The maximum Gasteiger partial charge on any atom is 0.411 e. The number of carbonyl (C=O) groups excluding carboxylic acids is 1. The van der Waals surface area contributed by atoms with Crippen molar-refractivity contribution in [2.24, 2.45) is 10.9 Å². The molecule has 1 amide bonds. The summed E-state index contributed by atoms with van der Waals surface area (Å²) in [6.07, 6.45) is 3.09. The van der Waals surface area contributed by atoms with Gasteiger partial charge in [-0.25, -0.2) is 20.2 Å². The smallest absolute Gasteiger partial charge is 0.411 e. The van der Waals surface area contributed by atoms with Gasteiger partial charge >= 0.3 is 6.09 Å². The van der Waals surface area contributed by atoms with Crippen LogP contribution in [0.3, 0.4) is 0 Å². The molecule has 10 heteroatoms. The number of carbonyl (C=O) groups is 1. The quantitative estimate of drug-likeness (QED) is 0.208. The topological polar surface area (TPSA) is 105 Å². The molecule has 3 aromatic rings. The normalized spacial score (nSPS) is 11.7. The van der Waals surface area contributed by atoms with E-state index in [1.807, 2.05) is 68.6 Å². The van der Waals surface area contributed by atoms with Crippen molar-refractivity contribution in [2.45, 2.75) is 37.6 Å². The van der Waals surface area contributed by atoms with E-state index >= 15 is 0 Å². The third-order valence-corrected chi connectivity index (χ3v) is 4.86. The lowest BCUT2D eigenvalue weighted by atomic mass is 10.2. The van der Waals surface area contributed by atoms with Crippen LogP contribution in [0.25, 0.3) is 5.65 Å². The van der Waals surface area contributed by atoms with E-state index in [0.717, 1.165) is 22.1 Å². The molecule has 0 unspecified atom stereocenters. The largest absolute Gasteiger partial charge is 0.449 e. The Bertz CT molecular complexity index is 1050. The summed E-state index contributed by atoms with van der Waals surface area (Å²) in [6.45, 7) is 9.01. The number of rotatable bonds is 8. The Hall–Kier alpha value is -3.11. The number of imidazole rings is 1. The van der Waals surface area contributed by atoms with Crippen LogP contribution in [0, 0.1) is 5.92 Å². The van der Waals surface area contributed by atoms with Gasteiger partial charge in [-0.05, 0) is 37.1 Å². The summed E-state index contributed by atoms with van der Waals surface area (Å²) in [5.41, 5.74) is 7.47. The maximum atomic E-state index is 11.8. The van der Waals surface area contributed by atoms with Crippen molar-refractivity contribution in [2.75, 3.05) is 18.5 Å². The molecule has 0 aliphatic rings. The first kappa shape index (κ1) is 22.6. The second-order valence-corrected chi connectivity index (χ2v) is 8.24. The second kappa shape index (κ2) is 10.8. The van der Waals surface area contributed by atoms with Gasteiger partial charge < -0.3 is 10.2 Å². The summed E-state index contributed by atoms with van der Waals surface area (Å²) >= 11 is 1.49. The SMILES string of the molecule is CCNN/C(C)=N/c1nc(Sc2ccc(NC(=O)OCC(C)C)cc2)cc2nccn12. The third kappa shape index (κ3) is 6.69. The Balaban J connectivity index is 1.72. The van der Waals surface area contributed by atoms with E-state index in [1.165, 1.54) is 11.8 Å². The van der Waals surface area contributed by atoms with Crippen molar-refractivity contribution in [3.05, 3.63) is 42.7 Å². The summed E-state index contributed by atoms with van der Waals surface area (Å²) in [5.74, 6) is 1.53. The Morgan fingerprint density at radius 3 is 2.77 bits per heavy atom. The van der Waals surface area contributed by atoms with E-state index in [0.29, 0.717) is 30.0 Å². The molecule has 0 aliphatic carbocycles. The number of anilines is 1. The van der Waals surface area contributed by atoms with E-state index in [4.69, 9.17) is 4.74 Å². The van der Waals surface area contributed by atoms with Crippen LogP contribution in [-0.4, -0.2) is 39.4 Å². The first-order chi connectivity index (χ1) is 14.9. The Morgan fingerprint density at radius 2 is 2.06 bits per heavy atom. The minimum absolute atomic E-state index is 0.293. The third-order valence-electron chi connectivity index (χ3n) is 3.93. The van der Waals surface area contributed by atoms with Gasteiger partial charge in [-0.15, -0.1) is 0 Å². The molecule has 0 saturated heterocycles. The molecule has 0 spiro atoms. The summed E-state index contributed by atoms with van der Waals surface area (Å²) in [6, 6.07) is 9.40. The molecule has 164 valence electrons. The molecule has 9 nitrogen and oxygen atoms in total. The number of nitrogens with one attached hydrogen (secondary N) is 3. The standard InChI is InChI=1S/C21H27N7O2S/c1-5-23-27-15(4)24-20-26-19(12-18-22-10-11-28(18)20)31-17-8-6-16(7-9-17)25-21(29)30-13-14(2)3/h6-12,14,23H,5,13H2,1-4H3,(H,25,29)(H,24,26,27). The van der Waals surface area contributed by atoms with Crippen LogP contribution in [0.1, 0.15) is 27.7 Å². The molecule has 0 aliphatic heterocycles. The molecular formula is C21H27N7O2S. The summed E-state index contributed by atoms with van der Waals surface area (Å²) < 4.78 is 6.97. The number of hydrogen-bond acceptors (Lipinski definition) is 7. The van der Waals surface area contributed by atoms with Gasteiger partial charge in [-0.3, -0.25) is 9.72 Å². The van der Waals surface area contributed by atoms with Crippen molar-refractivity contribution >= 4 is 41.0 Å². The van der Waals surface area contributed by atoms with Crippen LogP contribution in [0.4, 0.5) is 16.4 Å². The molecule has 3 rings (SSSR count). The number of amidine groups is 1. The average molecular weight is 442 g/mol. The minimum Gasteiger partial charge on any atom is -0.449 e. The predicted octanol–water partition coefficient (Wildman–Crippen LogP) is 4.25. The zero-order chi connectivity index (χ0) is 22.2. The second-order valence-electron chi connectivity index (χ2n) is 7.15. The van der Waals surface area contributed by atoms with Crippen LogP contribution in [0.15, 0.2) is 57.6 Å². The van der Waals surface area contributed by atoms with Crippen LogP contribution in [-0.2, 0) is 4.74 Å². The lowest BCUT2D eigenvalue weighted by Gasteiger charge is -2.10. The molecule has 2 heterocycles. The van der Waals surface area contributed by atoms with Crippen LogP contribution in [0.2, 0.25) is 0 Å². The van der Waals surface area contributed by atoms with Gasteiger partial charge in [0.05, 0.1) is 6.61 Å². The molecule has 31 heavy (non-hydrogen) atoms. The number of hydrazine groups is 1. The molecule has 0 saturated carbocycles. The number of aliphatic imine (C=N–C) groups is 1. The Morgan fingerprint density at radius 1 is 1.29 bits per heavy atom. The fourth-order valence-electron chi connectivity index (χ4n) is 2.53. The molecule has 0 radical (unpaired) electrons. The zero-order valence-corrected chi connectivity index (χ0v) is 18.9. The lowest BCUT2D eigenvalue weighted by Crippen LogP contribution is -2.35. The summed E-state index contributed by atoms with van der Waals surface area (Å²) in [7, 11) is 0. The van der Waals surface area contributed by atoms with Gasteiger partial charge in [-0.2, -0.15) is 4.99 Å². The van der Waals surface area contributed by atoms with Gasteiger partial charge in [0.1, 0.15) is 16.5 Å². The van der Waals surface area contributed by atoms with E-state index in [2.05, 4.69) is 31.1 Å². The molecule has 0 fully saturated rings. The van der Waals surface area contributed by atoms with E-state index in [9.17, 15) is 4.79 Å². The van der Waals surface area contributed by atoms with Crippen molar-refractivity contribution in [1.29, 1.82) is 0 Å². The van der Waals surface area contributed by atoms with Gasteiger partial charge in [0.25, 0.3) is 0 Å². The average Bonchev–Trinajstić information content (AvgIpc) is 3.21. The fourth-order valence-corrected chi connectivity index (χ4v) is 3.34. The van der Waals surface area contributed by atoms with Gasteiger partial charge in [0, 0.05) is 35.6 Å². The number of aromatic nitrogens is 3. The monoisotopic (exact) mass is 441 g/mol. The summed E-state index contributed by atoms with van der Waals surface area (Å²) in [4.78, 5) is 26.4. The highest BCUT2D eigenvalue weighted by Crippen LogP contribution is 2.29. The minimum atomic E-state index is -0.454. The Labute approximate surface area is 185 Å². The zero-order valence-electron chi connectivity index (χ0n) is 18.0. The number of fused-ring (bicyclic) bond motifs is 1. The van der Waals surface area contributed by atoms with Crippen molar-refractivity contribution in [3.63, 3.8) is 0 Å². The highest BCUT2D eigenvalue weighted by atomic mass is 32.2. The molecule has 1 aromatic carbocycles. The van der Waals surface area contributed by atoms with Gasteiger partial charge in [0.15, 0.2) is 0 Å². The first-order valence-corrected chi connectivity index (χ1v) is 10.9. The van der Waals surface area contributed by atoms with Crippen LogP contribution < -0.4 is 16.2 Å². The highest BCUT2D eigenvalue weighted by Gasteiger charge is 2.09. The number of nitrogens with zero attached hydrogens (tertiary/aromatic N) is 4. The van der Waals surface area contributed by atoms with Gasteiger partial charge in [-0.1, -0.05) is 32.5 Å². The van der Waals surface area contributed by atoms with Crippen LogP contribution >= 0.6 is 11.8 Å². The van der Waals surface area contributed by atoms with E-state index in [1.54, 1.807) is 6.20 Å². The Kier molecular flexibility index (Phi) is 7.85. The molecule has 3 N–H and O–H groups in total. The van der Waals surface area contributed by atoms with Crippen molar-refractivity contribution in [1.82, 2.24) is 25.2 Å². The number of amides is 1. The van der Waals surface area contributed by atoms with Gasteiger partial charge in [0.2, 0.25) is 5.95 Å². The molecule has 2 aromatic heterocycles. The van der Waals surface area contributed by atoms with Crippen molar-refractivity contribution in [3.8, 4) is 0 Å². The fraction of sp³-hybridized carbons (Fsp3) is 0.333. The van der Waals surface area contributed by atoms with E-state index in [-0.39, 0.29) is 0 Å². The molecule has 0 atom stereocenters. The number of benzene rings is 1. The van der Waals surface area contributed by atoms with E-state index < -0.39 is 6.09 Å². The summed E-state index contributed by atoms with van der Waals surface area (Å²) in [5, 5.41) is 3.50. The molecule has 0 bridgehead atoms. The first-order valence-electron chi connectivity index (χ1n) is 10.0. The number of hydrogen-bond donors (Lipinski definition) is 3. The molecular weight excluding hydrogens is 414 g/mol. The lowest BCUT2D eigenvalue weighted by molar-refractivity contribution is 0.147.